The van der Waals surface area contributed by atoms with Crippen LogP contribution in [-0.4, -0.2) is 42.6 Å². The van der Waals surface area contributed by atoms with Crippen LogP contribution in [0.25, 0.3) is 0 Å². The standard InChI is InChI=1S/C22H27FN2O2/c1-22(16-7-5-4-6-8-16)13-19(22)21(27)24-14-17(25(2)3)11-15-9-10-18(26)12-20(15)23/h4-10,12,17,19,26H,11,13-14H2,1-3H3,(H,24,27)/t17?,19-,22+/m0/s1. The molecule has 1 fully saturated rings. The highest BCUT2D eigenvalue weighted by atomic mass is 19.1. The Balaban J connectivity index is 1.59. The molecule has 3 atom stereocenters. The zero-order valence-electron chi connectivity index (χ0n) is 16.1. The number of nitrogens with one attached hydrogen (secondary N) is 1. The predicted octanol–water partition coefficient (Wildman–Crippen LogP) is 3.10. The Labute approximate surface area is 160 Å². The first-order valence-electron chi connectivity index (χ1n) is 9.28. The van der Waals surface area contributed by atoms with Gasteiger partial charge < -0.3 is 15.3 Å². The summed E-state index contributed by atoms with van der Waals surface area (Å²) in [5.74, 6) is -0.473. The van der Waals surface area contributed by atoms with Gasteiger partial charge in [-0.15, -0.1) is 0 Å². The van der Waals surface area contributed by atoms with Gasteiger partial charge >= 0.3 is 0 Å². The third-order valence-corrected chi connectivity index (χ3v) is 5.72. The molecule has 1 aliphatic carbocycles. The van der Waals surface area contributed by atoms with Crippen molar-refractivity contribution in [1.82, 2.24) is 10.2 Å². The van der Waals surface area contributed by atoms with Gasteiger partial charge in [0.2, 0.25) is 5.91 Å². The summed E-state index contributed by atoms with van der Waals surface area (Å²) in [6.45, 7) is 2.58. The number of amides is 1. The predicted molar refractivity (Wildman–Crippen MR) is 104 cm³/mol. The van der Waals surface area contributed by atoms with Crippen LogP contribution in [0.1, 0.15) is 24.5 Å². The van der Waals surface area contributed by atoms with E-state index in [1.807, 2.05) is 37.2 Å². The van der Waals surface area contributed by atoms with Gasteiger partial charge in [-0.1, -0.05) is 43.3 Å². The van der Waals surface area contributed by atoms with Crippen molar-refractivity contribution in [2.45, 2.75) is 31.2 Å². The minimum Gasteiger partial charge on any atom is -0.508 e. The number of hydrogen-bond donors (Lipinski definition) is 2. The lowest BCUT2D eigenvalue weighted by Crippen LogP contribution is -2.42. The van der Waals surface area contributed by atoms with E-state index in [0.29, 0.717) is 18.5 Å². The van der Waals surface area contributed by atoms with Crippen molar-refractivity contribution >= 4 is 5.91 Å². The summed E-state index contributed by atoms with van der Waals surface area (Å²) in [6, 6.07) is 14.3. The average Bonchev–Trinajstić information content (AvgIpc) is 3.34. The third-order valence-electron chi connectivity index (χ3n) is 5.72. The molecule has 0 radical (unpaired) electrons. The summed E-state index contributed by atoms with van der Waals surface area (Å²) in [5.41, 5.74) is 1.63. The lowest BCUT2D eigenvalue weighted by molar-refractivity contribution is -0.122. The minimum atomic E-state index is -0.424. The number of aromatic hydroxyl groups is 1. The Morgan fingerprint density at radius 1 is 1.30 bits per heavy atom. The molecule has 0 heterocycles. The maximum absolute atomic E-state index is 14.0. The zero-order chi connectivity index (χ0) is 19.6. The van der Waals surface area contributed by atoms with E-state index in [2.05, 4.69) is 24.4 Å². The van der Waals surface area contributed by atoms with E-state index < -0.39 is 5.82 Å². The second-order valence-corrected chi connectivity index (χ2v) is 7.88. The van der Waals surface area contributed by atoms with Crippen LogP contribution in [-0.2, 0) is 16.6 Å². The number of rotatable bonds is 7. The highest BCUT2D eigenvalue weighted by molar-refractivity contribution is 5.84. The lowest BCUT2D eigenvalue weighted by atomic mass is 9.95. The van der Waals surface area contributed by atoms with E-state index >= 15 is 0 Å². The molecule has 3 rings (SSSR count). The molecule has 1 unspecified atom stereocenters. The number of hydrogen-bond acceptors (Lipinski definition) is 3. The van der Waals surface area contributed by atoms with E-state index in [9.17, 15) is 14.3 Å². The van der Waals surface area contributed by atoms with Crippen molar-refractivity contribution < 1.29 is 14.3 Å². The van der Waals surface area contributed by atoms with Crippen LogP contribution in [0.5, 0.6) is 5.75 Å². The van der Waals surface area contributed by atoms with Crippen molar-refractivity contribution in [1.29, 1.82) is 0 Å². The van der Waals surface area contributed by atoms with Crippen LogP contribution >= 0.6 is 0 Å². The molecule has 0 saturated heterocycles. The molecule has 27 heavy (non-hydrogen) atoms. The van der Waals surface area contributed by atoms with Gasteiger partial charge in [0.15, 0.2) is 0 Å². The molecular formula is C22H27FN2O2. The number of likely N-dealkylation sites (N-methyl/N-ethyl adjacent to an activating group) is 1. The third kappa shape index (κ3) is 4.30. The van der Waals surface area contributed by atoms with Crippen molar-refractivity contribution in [3.8, 4) is 5.75 Å². The molecule has 2 N–H and O–H groups in total. The molecule has 1 saturated carbocycles. The number of carbonyl (C=O) groups is 1. The molecule has 5 heteroatoms. The quantitative estimate of drug-likeness (QED) is 0.787. The summed E-state index contributed by atoms with van der Waals surface area (Å²) in [6.07, 6.45) is 1.31. The largest absolute Gasteiger partial charge is 0.508 e. The van der Waals surface area contributed by atoms with Crippen LogP contribution in [0.3, 0.4) is 0 Å². The molecular weight excluding hydrogens is 343 g/mol. The van der Waals surface area contributed by atoms with Crippen LogP contribution in [0.15, 0.2) is 48.5 Å². The number of phenols is 1. The number of carbonyl (C=O) groups excluding carboxylic acids is 1. The van der Waals surface area contributed by atoms with Crippen molar-refractivity contribution in [2.24, 2.45) is 5.92 Å². The van der Waals surface area contributed by atoms with E-state index in [1.165, 1.54) is 11.6 Å². The van der Waals surface area contributed by atoms with Gasteiger partial charge in [-0.05, 0) is 44.1 Å². The molecule has 1 aliphatic rings. The molecule has 144 valence electrons. The number of benzene rings is 2. The summed E-state index contributed by atoms with van der Waals surface area (Å²) >= 11 is 0. The molecule has 2 aromatic carbocycles. The zero-order valence-corrected chi connectivity index (χ0v) is 16.1. The maximum atomic E-state index is 14.0. The number of nitrogens with zero attached hydrogens (tertiary/aromatic N) is 1. The van der Waals surface area contributed by atoms with E-state index in [-0.39, 0.29) is 29.0 Å². The summed E-state index contributed by atoms with van der Waals surface area (Å²) < 4.78 is 14.0. The fraction of sp³-hybridized carbons (Fsp3) is 0.409. The van der Waals surface area contributed by atoms with Crippen LogP contribution in [0.2, 0.25) is 0 Å². The SMILES string of the molecule is CN(C)C(CNC(=O)[C@@H]1C[C@]1(C)c1ccccc1)Cc1ccc(O)cc1F. The second-order valence-electron chi connectivity index (χ2n) is 7.88. The smallest absolute Gasteiger partial charge is 0.224 e. The fourth-order valence-electron chi connectivity index (χ4n) is 3.62. The molecule has 0 aliphatic heterocycles. The number of halogens is 1. The van der Waals surface area contributed by atoms with Gasteiger partial charge in [0.1, 0.15) is 11.6 Å². The molecule has 1 amide bonds. The van der Waals surface area contributed by atoms with Gasteiger partial charge in [-0.25, -0.2) is 4.39 Å². The maximum Gasteiger partial charge on any atom is 0.224 e. The summed E-state index contributed by atoms with van der Waals surface area (Å²) in [7, 11) is 3.83. The Bertz CT molecular complexity index is 809. The van der Waals surface area contributed by atoms with Crippen LogP contribution in [0.4, 0.5) is 4.39 Å². The van der Waals surface area contributed by atoms with Gasteiger partial charge in [0.05, 0.1) is 0 Å². The second kappa shape index (κ2) is 7.69. The van der Waals surface area contributed by atoms with Crippen molar-refractivity contribution in [2.75, 3.05) is 20.6 Å². The van der Waals surface area contributed by atoms with E-state index in [4.69, 9.17) is 0 Å². The first-order valence-corrected chi connectivity index (χ1v) is 9.28. The molecule has 4 nitrogen and oxygen atoms in total. The monoisotopic (exact) mass is 370 g/mol. The Kier molecular flexibility index (Phi) is 5.51. The molecule has 2 aromatic rings. The van der Waals surface area contributed by atoms with Gasteiger partial charge in [0, 0.05) is 30.0 Å². The highest BCUT2D eigenvalue weighted by Gasteiger charge is 2.55. The van der Waals surface area contributed by atoms with Crippen molar-refractivity contribution in [3.05, 3.63) is 65.5 Å². The van der Waals surface area contributed by atoms with E-state index in [1.54, 1.807) is 6.07 Å². The highest BCUT2D eigenvalue weighted by Crippen LogP contribution is 2.53. The molecule has 0 aromatic heterocycles. The Hall–Kier alpha value is -2.40. The van der Waals surface area contributed by atoms with Crippen LogP contribution < -0.4 is 5.32 Å². The minimum absolute atomic E-state index is 0.0203. The number of phenolic OH excluding ortho intramolecular Hbond substituents is 1. The summed E-state index contributed by atoms with van der Waals surface area (Å²) in [5, 5.41) is 12.4. The van der Waals surface area contributed by atoms with Gasteiger partial charge in [-0.2, -0.15) is 0 Å². The first-order chi connectivity index (χ1) is 12.8. The molecule has 0 spiro atoms. The van der Waals surface area contributed by atoms with Gasteiger partial charge in [0.25, 0.3) is 0 Å². The average molecular weight is 370 g/mol. The summed E-state index contributed by atoms with van der Waals surface area (Å²) in [4.78, 5) is 14.6. The Morgan fingerprint density at radius 2 is 2.00 bits per heavy atom. The van der Waals surface area contributed by atoms with E-state index in [0.717, 1.165) is 12.5 Å². The first kappa shape index (κ1) is 19.4. The van der Waals surface area contributed by atoms with Crippen molar-refractivity contribution in [3.63, 3.8) is 0 Å². The molecule has 0 bridgehead atoms. The lowest BCUT2D eigenvalue weighted by Gasteiger charge is -2.25. The fourth-order valence-corrected chi connectivity index (χ4v) is 3.62. The Morgan fingerprint density at radius 3 is 2.63 bits per heavy atom. The van der Waals surface area contributed by atoms with Crippen LogP contribution in [0, 0.1) is 11.7 Å². The van der Waals surface area contributed by atoms with Gasteiger partial charge in [-0.3, -0.25) is 4.79 Å². The topological polar surface area (TPSA) is 52.6 Å². The normalized spacial score (nSPS) is 22.5.